The molecule has 0 aliphatic heterocycles. The van der Waals surface area contributed by atoms with Crippen molar-refractivity contribution in [2.24, 2.45) is 0 Å². The number of unbranched alkanes of at least 4 members (excludes halogenated alkanes) is 1. The molecular weight excluding hydrogens is 268 g/mol. The third-order valence-corrected chi connectivity index (χ3v) is 2.70. The Morgan fingerprint density at radius 2 is 1.52 bits per heavy atom. The van der Waals surface area contributed by atoms with Gasteiger partial charge in [0.2, 0.25) is 0 Å². The highest BCUT2D eigenvalue weighted by Crippen LogP contribution is 2.05. The summed E-state index contributed by atoms with van der Waals surface area (Å²) < 4.78 is 0. The summed E-state index contributed by atoms with van der Waals surface area (Å²) in [5.41, 5.74) is 1.52. The van der Waals surface area contributed by atoms with Crippen molar-refractivity contribution in [1.82, 2.24) is 0 Å². The maximum absolute atomic E-state index is 10.4. The number of aliphatic carboxylic acids is 2. The van der Waals surface area contributed by atoms with Crippen LogP contribution in [0.1, 0.15) is 31.7 Å². The highest BCUT2D eigenvalue weighted by molar-refractivity contribution is 5.86. The van der Waals surface area contributed by atoms with Crippen LogP contribution in [0.2, 0.25) is 0 Å². The molecule has 1 aromatic carbocycles. The van der Waals surface area contributed by atoms with Gasteiger partial charge in [0.15, 0.2) is 0 Å². The van der Waals surface area contributed by atoms with Gasteiger partial charge in [-0.2, -0.15) is 0 Å². The van der Waals surface area contributed by atoms with Gasteiger partial charge in [-0.1, -0.05) is 56.8 Å². The summed E-state index contributed by atoms with van der Waals surface area (Å²) in [6, 6.07) is 9.42. The summed E-state index contributed by atoms with van der Waals surface area (Å²) in [7, 11) is 0. The molecule has 0 aliphatic carbocycles. The van der Waals surface area contributed by atoms with Crippen molar-refractivity contribution < 1.29 is 19.8 Å². The molecule has 0 fully saturated rings. The van der Waals surface area contributed by atoms with E-state index in [-0.39, 0.29) is 5.57 Å². The summed E-state index contributed by atoms with van der Waals surface area (Å²) in [6.07, 6.45) is 2.97. The molecule has 0 atom stereocenters. The van der Waals surface area contributed by atoms with Crippen molar-refractivity contribution in [2.75, 3.05) is 0 Å². The Bertz CT molecular complexity index is 489. The summed E-state index contributed by atoms with van der Waals surface area (Å²) in [5, 5.41) is 16.9. The minimum atomic E-state index is -0.932. The fourth-order valence-electron chi connectivity index (χ4n) is 1.41. The second-order valence-electron chi connectivity index (χ2n) is 4.58. The molecule has 4 nitrogen and oxygen atoms in total. The van der Waals surface area contributed by atoms with Gasteiger partial charge in [0.1, 0.15) is 0 Å². The first-order chi connectivity index (χ1) is 9.88. The first kappa shape index (κ1) is 18.6. The molecule has 0 aliphatic rings. The van der Waals surface area contributed by atoms with Crippen LogP contribution in [-0.4, -0.2) is 22.2 Å². The third kappa shape index (κ3) is 9.21. The van der Waals surface area contributed by atoms with Crippen LogP contribution in [0.4, 0.5) is 0 Å². The Balaban J connectivity index is 0.000000400. The Kier molecular flexibility index (Phi) is 9.26. The maximum Gasteiger partial charge on any atom is 0.331 e. The van der Waals surface area contributed by atoms with Crippen LogP contribution in [0.3, 0.4) is 0 Å². The van der Waals surface area contributed by atoms with Gasteiger partial charge in [-0.05, 0) is 18.4 Å². The van der Waals surface area contributed by atoms with Gasteiger partial charge >= 0.3 is 11.9 Å². The summed E-state index contributed by atoms with van der Waals surface area (Å²) in [4.78, 5) is 20.5. The zero-order chi connectivity index (χ0) is 16.3. The van der Waals surface area contributed by atoms with Crippen molar-refractivity contribution in [3.05, 3.63) is 60.2 Å². The van der Waals surface area contributed by atoms with Crippen LogP contribution in [0.25, 0.3) is 0 Å². The summed E-state index contributed by atoms with van der Waals surface area (Å²) in [5.74, 6) is -1.80. The van der Waals surface area contributed by atoms with Gasteiger partial charge in [-0.25, -0.2) is 9.59 Å². The Morgan fingerprint density at radius 3 is 1.95 bits per heavy atom. The van der Waals surface area contributed by atoms with E-state index in [0.717, 1.165) is 18.4 Å². The van der Waals surface area contributed by atoms with E-state index in [4.69, 9.17) is 10.2 Å². The highest BCUT2D eigenvalue weighted by Gasteiger charge is 2.03. The molecule has 0 aromatic heterocycles. The van der Waals surface area contributed by atoms with Gasteiger partial charge in [0.05, 0.1) is 0 Å². The molecule has 0 saturated heterocycles. The van der Waals surface area contributed by atoms with Crippen molar-refractivity contribution in [1.29, 1.82) is 0 Å². The highest BCUT2D eigenvalue weighted by atomic mass is 16.4. The normalized spacial score (nSPS) is 9.19. The fraction of sp³-hybridized carbons (Fsp3) is 0.294. The minimum Gasteiger partial charge on any atom is -0.478 e. The number of rotatable bonds is 7. The van der Waals surface area contributed by atoms with Crippen molar-refractivity contribution in [3.63, 3.8) is 0 Å². The lowest BCUT2D eigenvalue weighted by molar-refractivity contribution is -0.133. The lowest BCUT2D eigenvalue weighted by Gasteiger charge is -1.99. The molecule has 0 spiro atoms. The van der Waals surface area contributed by atoms with E-state index < -0.39 is 11.9 Å². The molecule has 114 valence electrons. The molecular formula is C17H22O4. The zero-order valence-electron chi connectivity index (χ0n) is 12.3. The smallest absolute Gasteiger partial charge is 0.331 e. The SMILES string of the molecule is C=C(CCCC)C(=O)O.C=C(Cc1ccccc1)C(=O)O. The third-order valence-electron chi connectivity index (χ3n) is 2.70. The van der Waals surface area contributed by atoms with Gasteiger partial charge < -0.3 is 10.2 Å². The van der Waals surface area contributed by atoms with Gasteiger partial charge in [0.25, 0.3) is 0 Å². The molecule has 1 rings (SSSR count). The van der Waals surface area contributed by atoms with Crippen LogP contribution < -0.4 is 0 Å². The molecule has 4 heteroatoms. The first-order valence-corrected chi connectivity index (χ1v) is 6.74. The number of hydrogen-bond acceptors (Lipinski definition) is 2. The van der Waals surface area contributed by atoms with Crippen molar-refractivity contribution in [2.45, 2.75) is 32.6 Å². The first-order valence-electron chi connectivity index (χ1n) is 6.74. The molecule has 0 heterocycles. The Hall–Kier alpha value is -2.36. The van der Waals surface area contributed by atoms with E-state index in [1.54, 1.807) is 0 Å². The lowest BCUT2D eigenvalue weighted by Crippen LogP contribution is -2.01. The van der Waals surface area contributed by atoms with E-state index in [9.17, 15) is 9.59 Å². The van der Waals surface area contributed by atoms with Gasteiger partial charge in [0, 0.05) is 17.6 Å². The Labute approximate surface area is 125 Å². The largest absolute Gasteiger partial charge is 0.478 e. The van der Waals surface area contributed by atoms with Crippen LogP contribution in [0, 0.1) is 0 Å². The molecule has 0 unspecified atom stereocenters. The van der Waals surface area contributed by atoms with E-state index in [1.807, 2.05) is 37.3 Å². The monoisotopic (exact) mass is 290 g/mol. The standard InChI is InChI=1S/C10H10O2.C7H12O2/c1-8(10(11)12)7-9-5-3-2-4-6-9;1-3-4-5-6(2)7(8)9/h2-6H,1,7H2,(H,11,12);2-5H2,1H3,(H,8,9). The quantitative estimate of drug-likeness (QED) is 0.751. The van der Waals surface area contributed by atoms with Crippen LogP contribution in [0.5, 0.6) is 0 Å². The molecule has 0 saturated carbocycles. The fourth-order valence-corrected chi connectivity index (χ4v) is 1.41. The van der Waals surface area contributed by atoms with E-state index in [0.29, 0.717) is 18.4 Å². The molecule has 0 radical (unpaired) electrons. The van der Waals surface area contributed by atoms with Crippen LogP contribution in [-0.2, 0) is 16.0 Å². The topological polar surface area (TPSA) is 74.6 Å². The maximum atomic E-state index is 10.4. The van der Waals surface area contributed by atoms with Crippen LogP contribution in [0.15, 0.2) is 54.6 Å². The molecule has 0 amide bonds. The van der Waals surface area contributed by atoms with E-state index >= 15 is 0 Å². The predicted octanol–water partition coefficient (Wildman–Crippen LogP) is 3.69. The van der Waals surface area contributed by atoms with Crippen molar-refractivity contribution >= 4 is 11.9 Å². The average molecular weight is 290 g/mol. The van der Waals surface area contributed by atoms with E-state index in [1.165, 1.54) is 0 Å². The zero-order valence-corrected chi connectivity index (χ0v) is 12.3. The second kappa shape index (κ2) is 10.4. The predicted molar refractivity (Wildman–Crippen MR) is 83.2 cm³/mol. The molecule has 21 heavy (non-hydrogen) atoms. The summed E-state index contributed by atoms with van der Waals surface area (Å²) in [6.45, 7) is 8.87. The van der Waals surface area contributed by atoms with Gasteiger partial charge in [-0.3, -0.25) is 0 Å². The minimum absolute atomic E-state index is 0.223. The number of carboxylic acids is 2. The van der Waals surface area contributed by atoms with Gasteiger partial charge in [-0.15, -0.1) is 0 Å². The lowest BCUT2D eigenvalue weighted by atomic mass is 10.1. The number of hydrogen-bond donors (Lipinski definition) is 2. The number of carbonyl (C=O) groups is 2. The number of benzene rings is 1. The molecule has 2 N–H and O–H groups in total. The van der Waals surface area contributed by atoms with E-state index in [2.05, 4.69) is 13.2 Å². The van der Waals surface area contributed by atoms with Crippen molar-refractivity contribution in [3.8, 4) is 0 Å². The number of carboxylic acid groups (broad SMARTS) is 2. The summed E-state index contributed by atoms with van der Waals surface area (Å²) >= 11 is 0. The molecule has 0 bridgehead atoms. The average Bonchev–Trinajstić information content (AvgIpc) is 2.46. The second-order valence-corrected chi connectivity index (χ2v) is 4.58. The Morgan fingerprint density at radius 1 is 1.00 bits per heavy atom. The van der Waals surface area contributed by atoms with Crippen LogP contribution >= 0.6 is 0 Å². The molecule has 1 aromatic rings.